The number of hydrogen-bond acceptors (Lipinski definition) is 2. The smallest absolute Gasteiger partial charge is 0.0456 e. The van der Waals surface area contributed by atoms with Gasteiger partial charge < -0.3 is 10.6 Å². The van der Waals surface area contributed by atoms with Crippen LogP contribution in [0, 0.1) is 0 Å². The molecular weight excluding hydrogens is 208 g/mol. The van der Waals surface area contributed by atoms with Gasteiger partial charge in [0.2, 0.25) is 0 Å². The van der Waals surface area contributed by atoms with Crippen LogP contribution in [0.5, 0.6) is 0 Å². The summed E-state index contributed by atoms with van der Waals surface area (Å²) < 4.78 is 0. The van der Waals surface area contributed by atoms with Crippen molar-refractivity contribution in [2.24, 2.45) is 0 Å². The van der Waals surface area contributed by atoms with Crippen LogP contribution in [0.4, 0.5) is 0 Å². The summed E-state index contributed by atoms with van der Waals surface area (Å²) in [7, 11) is 0. The fourth-order valence-corrected chi connectivity index (χ4v) is 2.32. The normalized spacial score (nSPS) is 17.5. The topological polar surface area (TPSA) is 24.1 Å². The van der Waals surface area contributed by atoms with Crippen molar-refractivity contribution < 1.29 is 0 Å². The minimum absolute atomic E-state index is 0.0644. The predicted molar refractivity (Wildman–Crippen MR) is 64.3 cm³/mol. The summed E-state index contributed by atoms with van der Waals surface area (Å²) in [5.74, 6) is 0. The van der Waals surface area contributed by atoms with Crippen molar-refractivity contribution in [2.45, 2.75) is 25.4 Å². The lowest BCUT2D eigenvalue weighted by atomic mass is 9.92. The first-order valence-corrected chi connectivity index (χ1v) is 5.71. The van der Waals surface area contributed by atoms with Crippen LogP contribution in [0.2, 0.25) is 5.02 Å². The molecule has 0 spiro atoms. The maximum absolute atomic E-state index is 6.20. The van der Waals surface area contributed by atoms with E-state index in [0.717, 1.165) is 18.1 Å². The second kappa shape index (κ2) is 4.12. The average molecular weight is 225 g/mol. The molecule has 0 atom stereocenters. The molecule has 0 bridgehead atoms. The Hall–Kier alpha value is -0.570. The van der Waals surface area contributed by atoms with Crippen molar-refractivity contribution in [3.05, 3.63) is 34.9 Å². The van der Waals surface area contributed by atoms with Crippen LogP contribution in [0.25, 0.3) is 0 Å². The monoisotopic (exact) mass is 224 g/mol. The third-order valence-electron chi connectivity index (χ3n) is 2.89. The highest BCUT2D eigenvalue weighted by Gasteiger charge is 2.28. The minimum Gasteiger partial charge on any atom is -0.314 e. The van der Waals surface area contributed by atoms with E-state index in [0.29, 0.717) is 6.04 Å². The lowest BCUT2D eigenvalue weighted by molar-refractivity contribution is 0.274. The Labute approximate surface area is 96.0 Å². The van der Waals surface area contributed by atoms with Crippen molar-refractivity contribution in [3.63, 3.8) is 0 Å². The van der Waals surface area contributed by atoms with Crippen molar-refractivity contribution >= 4 is 11.6 Å². The number of halogens is 1. The molecule has 1 fully saturated rings. The van der Waals surface area contributed by atoms with Gasteiger partial charge in [0.15, 0.2) is 0 Å². The van der Waals surface area contributed by atoms with E-state index < -0.39 is 0 Å². The van der Waals surface area contributed by atoms with Gasteiger partial charge in [0, 0.05) is 29.7 Å². The van der Waals surface area contributed by atoms with Gasteiger partial charge >= 0.3 is 0 Å². The Balaban J connectivity index is 2.16. The first-order chi connectivity index (χ1) is 7.09. The summed E-state index contributed by atoms with van der Waals surface area (Å²) in [6.45, 7) is 6.45. The minimum atomic E-state index is -0.0644. The Morgan fingerprint density at radius 2 is 2.00 bits per heavy atom. The molecule has 2 N–H and O–H groups in total. The first kappa shape index (κ1) is 10.9. The molecule has 0 aromatic heterocycles. The molecule has 1 aromatic rings. The molecule has 1 aromatic carbocycles. The SMILES string of the molecule is CC(C)(NC1CNC1)c1ccccc1Cl. The maximum Gasteiger partial charge on any atom is 0.0456 e. The van der Waals surface area contributed by atoms with E-state index in [2.05, 4.69) is 30.5 Å². The van der Waals surface area contributed by atoms with Gasteiger partial charge in [-0.2, -0.15) is 0 Å². The van der Waals surface area contributed by atoms with Gasteiger partial charge in [-0.25, -0.2) is 0 Å². The van der Waals surface area contributed by atoms with Gasteiger partial charge in [0.25, 0.3) is 0 Å². The van der Waals surface area contributed by atoms with E-state index in [1.54, 1.807) is 0 Å². The highest BCUT2D eigenvalue weighted by atomic mass is 35.5. The largest absolute Gasteiger partial charge is 0.314 e. The van der Waals surface area contributed by atoms with Crippen molar-refractivity contribution in [1.29, 1.82) is 0 Å². The van der Waals surface area contributed by atoms with E-state index in [1.165, 1.54) is 5.56 Å². The van der Waals surface area contributed by atoms with Crippen molar-refractivity contribution in [3.8, 4) is 0 Å². The zero-order valence-electron chi connectivity index (χ0n) is 9.18. The van der Waals surface area contributed by atoms with Crippen LogP contribution in [0.3, 0.4) is 0 Å². The van der Waals surface area contributed by atoms with Gasteiger partial charge in [-0.3, -0.25) is 0 Å². The molecule has 0 unspecified atom stereocenters. The van der Waals surface area contributed by atoms with E-state index >= 15 is 0 Å². The molecule has 1 heterocycles. The molecule has 0 aliphatic carbocycles. The number of hydrogen-bond donors (Lipinski definition) is 2. The lowest BCUT2D eigenvalue weighted by Crippen LogP contribution is -2.60. The molecule has 2 nitrogen and oxygen atoms in total. The van der Waals surface area contributed by atoms with Gasteiger partial charge in [-0.15, -0.1) is 0 Å². The van der Waals surface area contributed by atoms with Crippen LogP contribution >= 0.6 is 11.6 Å². The van der Waals surface area contributed by atoms with Gasteiger partial charge in [-0.1, -0.05) is 29.8 Å². The molecule has 0 saturated carbocycles. The molecule has 15 heavy (non-hydrogen) atoms. The second-order valence-electron chi connectivity index (χ2n) is 4.60. The van der Waals surface area contributed by atoms with Crippen LogP contribution in [0.1, 0.15) is 19.4 Å². The number of nitrogens with one attached hydrogen (secondary N) is 2. The summed E-state index contributed by atoms with van der Waals surface area (Å²) in [6, 6.07) is 8.59. The highest BCUT2D eigenvalue weighted by molar-refractivity contribution is 6.31. The summed E-state index contributed by atoms with van der Waals surface area (Å²) in [5.41, 5.74) is 1.10. The standard InChI is InChI=1S/C12H17ClN2/c1-12(2,15-9-7-14-8-9)10-5-3-4-6-11(10)13/h3-6,9,14-15H,7-8H2,1-2H3. The molecule has 0 radical (unpaired) electrons. The van der Waals surface area contributed by atoms with E-state index in [9.17, 15) is 0 Å². The van der Waals surface area contributed by atoms with Crippen LogP contribution in [0.15, 0.2) is 24.3 Å². The van der Waals surface area contributed by atoms with E-state index in [4.69, 9.17) is 11.6 Å². The molecule has 1 aliphatic rings. The third kappa shape index (κ3) is 2.33. The molecule has 82 valence electrons. The van der Waals surface area contributed by atoms with E-state index in [-0.39, 0.29) is 5.54 Å². The molecule has 0 amide bonds. The molecule has 3 heteroatoms. The van der Waals surface area contributed by atoms with Crippen LogP contribution in [-0.4, -0.2) is 19.1 Å². The summed E-state index contributed by atoms with van der Waals surface area (Å²) in [6.07, 6.45) is 0. The van der Waals surface area contributed by atoms with Gasteiger partial charge in [0.1, 0.15) is 0 Å². The number of rotatable bonds is 3. The Kier molecular flexibility index (Phi) is 3.01. The Morgan fingerprint density at radius 1 is 1.33 bits per heavy atom. The van der Waals surface area contributed by atoms with Crippen molar-refractivity contribution in [1.82, 2.24) is 10.6 Å². The third-order valence-corrected chi connectivity index (χ3v) is 3.22. The molecule has 1 aliphatic heterocycles. The van der Waals surface area contributed by atoms with Crippen LogP contribution < -0.4 is 10.6 Å². The second-order valence-corrected chi connectivity index (χ2v) is 5.01. The number of benzene rings is 1. The summed E-state index contributed by atoms with van der Waals surface area (Å²) >= 11 is 6.20. The molecular formula is C12H17ClN2. The Bertz CT molecular complexity index is 345. The zero-order chi connectivity index (χ0) is 10.9. The molecule has 1 saturated heterocycles. The highest BCUT2D eigenvalue weighted by Crippen LogP contribution is 2.27. The maximum atomic E-state index is 6.20. The van der Waals surface area contributed by atoms with E-state index in [1.807, 2.05) is 18.2 Å². The lowest BCUT2D eigenvalue weighted by Gasteiger charge is -2.37. The fourth-order valence-electron chi connectivity index (χ4n) is 1.95. The molecule has 2 rings (SSSR count). The van der Waals surface area contributed by atoms with Crippen molar-refractivity contribution in [2.75, 3.05) is 13.1 Å². The summed E-state index contributed by atoms with van der Waals surface area (Å²) in [5, 5.41) is 7.69. The van der Waals surface area contributed by atoms with Crippen LogP contribution in [-0.2, 0) is 5.54 Å². The zero-order valence-corrected chi connectivity index (χ0v) is 9.93. The predicted octanol–water partition coefficient (Wildman–Crippen LogP) is 2.14. The van der Waals surface area contributed by atoms with Gasteiger partial charge in [0.05, 0.1) is 0 Å². The Morgan fingerprint density at radius 3 is 2.53 bits per heavy atom. The average Bonchev–Trinajstić information content (AvgIpc) is 2.12. The summed E-state index contributed by atoms with van der Waals surface area (Å²) in [4.78, 5) is 0. The fraction of sp³-hybridized carbons (Fsp3) is 0.500. The first-order valence-electron chi connectivity index (χ1n) is 5.33. The quantitative estimate of drug-likeness (QED) is 0.822. The van der Waals surface area contributed by atoms with Gasteiger partial charge in [-0.05, 0) is 25.5 Å².